The van der Waals surface area contributed by atoms with Crippen molar-refractivity contribution in [3.8, 4) is 10.6 Å². The van der Waals surface area contributed by atoms with Crippen LogP contribution in [0.15, 0.2) is 24.3 Å². The number of pyridine rings is 1. The third-order valence-corrected chi connectivity index (χ3v) is 3.34. The Morgan fingerprint density at radius 2 is 2.12 bits per heavy atom. The van der Waals surface area contributed by atoms with Gasteiger partial charge < -0.3 is 5.73 Å². The monoisotopic (exact) mass is 252 g/mol. The van der Waals surface area contributed by atoms with E-state index < -0.39 is 5.91 Å². The number of aromatic nitrogens is 1. The molecule has 0 aliphatic carbocycles. The van der Waals surface area contributed by atoms with Gasteiger partial charge in [0.05, 0.1) is 20.5 Å². The van der Waals surface area contributed by atoms with Gasteiger partial charge >= 0.3 is 0 Å². The Balaban J connectivity index is 2.62. The van der Waals surface area contributed by atoms with Gasteiger partial charge in [0.2, 0.25) is 0 Å². The lowest BCUT2D eigenvalue weighted by Gasteiger charge is -2.04. The molecule has 0 unspecified atom stereocenters. The van der Waals surface area contributed by atoms with Crippen molar-refractivity contribution >= 4 is 28.8 Å². The van der Waals surface area contributed by atoms with Crippen LogP contribution in [0.5, 0.6) is 0 Å². The molecule has 0 aliphatic heterocycles. The van der Waals surface area contributed by atoms with E-state index in [1.165, 1.54) is 11.3 Å². The van der Waals surface area contributed by atoms with Crippen LogP contribution in [0.1, 0.15) is 16.1 Å². The molecule has 0 saturated heterocycles. The predicted octanol–water partition coefficient (Wildman–Crippen LogP) is 2.87. The van der Waals surface area contributed by atoms with E-state index in [-0.39, 0.29) is 0 Å². The number of rotatable bonds is 2. The SMILES string of the molecule is Cc1ccc(C(N)=O)c(-c2ccc(Cl)s2)n1. The summed E-state index contributed by atoms with van der Waals surface area (Å²) in [5, 5.41) is 0. The maximum atomic E-state index is 11.3. The van der Waals surface area contributed by atoms with Gasteiger partial charge in [-0.3, -0.25) is 9.78 Å². The van der Waals surface area contributed by atoms with Crippen LogP contribution in [0.25, 0.3) is 10.6 Å². The first-order valence-electron chi connectivity index (χ1n) is 4.61. The van der Waals surface area contributed by atoms with Gasteiger partial charge in [-0.1, -0.05) is 11.6 Å². The molecule has 1 amide bonds. The second-order valence-electron chi connectivity index (χ2n) is 3.32. The smallest absolute Gasteiger partial charge is 0.250 e. The minimum absolute atomic E-state index is 0.420. The highest BCUT2D eigenvalue weighted by molar-refractivity contribution is 7.19. The number of amides is 1. The zero-order chi connectivity index (χ0) is 11.7. The number of nitrogens with two attached hydrogens (primary N) is 1. The summed E-state index contributed by atoms with van der Waals surface area (Å²) in [7, 11) is 0. The van der Waals surface area contributed by atoms with E-state index in [2.05, 4.69) is 4.98 Å². The zero-order valence-electron chi connectivity index (χ0n) is 8.53. The summed E-state index contributed by atoms with van der Waals surface area (Å²) < 4.78 is 0.661. The molecule has 0 fully saturated rings. The Hall–Kier alpha value is -1.39. The third-order valence-electron chi connectivity index (χ3n) is 2.11. The van der Waals surface area contributed by atoms with E-state index in [1.54, 1.807) is 18.2 Å². The molecule has 3 nitrogen and oxygen atoms in total. The third kappa shape index (κ3) is 2.08. The molecule has 0 spiro atoms. The molecule has 16 heavy (non-hydrogen) atoms. The van der Waals surface area contributed by atoms with Crippen molar-refractivity contribution in [1.29, 1.82) is 0 Å². The zero-order valence-corrected chi connectivity index (χ0v) is 10.1. The van der Waals surface area contributed by atoms with Crippen molar-refractivity contribution in [2.24, 2.45) is 5.73 Å². The van der Waals surface area contributed by atoms with Crippen LogP contribution >= 0.6 is 22.9 Å². The normalized spacial score (nSPS) is 10.4. The highest BCUT2D eigenvalue weighted by atomic mass is 35.5. The van der Waals surface area contributed by atoms with Gasteiger partial charge in [-0.15, -0.1) is 11.3 Å². The maximum absolute atomic E-state index is 11.3. The lowest BCUT2D eigenvalue weighted by molar-refractivity contribution is 0.100. The molecule has 0 saturated carbocycles. The Morgan fingerprint density at radius 3 is 2.69 bits per heavy atom. The van der Waals surface area contributed by atoms with Crippen molar-refractivity contribution in [2.75, 3.05) is 0 Å². The topological polar surface area (TPSA) is 56.0 Å². The summed E-state index contributed by atoms with van der Waals surface area (Å²) >= 11 is 7.23. The van der Waals surface area contributed by atoms with Gasteiger partial charge in [0.25, 0.3) is 5.91 Å². The maximum Gasteiger partial charge on any atom is 0.250 e. The fourth-order valence-electron chi connectivity index (χ4n) is 1.38. The summed E-state index contributed by atoms with van der Waals surface area (Å²) in [6.07, 6.45) is 0. The van der Waals surface area contributed by atoms with Crippen LogP contribution in [0.3, 0.4) is 0 Å². The summed E-state index contributed by atoms with van der Waals surface area (Å²) in [5.74, 6) is -0.480. The molecular weight excluding hydrogens is 244 g/mol. The van der Waals surface area contributed by atoms with Crippen molar-refractivity contribution in [3.63, 3.8) is 0 Å². The number of thiophene rings is 1. The van der Waals surface area contributed by atoms with Crippen LogP contribution in [0.4, 0.5) is 0 Å². The Bertz CT molecular complexity index is 551. The van der Waals surface area contributed by atoms with Gasteiger partial charge in [-0.25, -0.2) is 0 Å². The molecule has 0 aliphatic rings. The second kappa shape index (κ2) is 4.23. The van der Waals surface area contributed by atoms with Crippen molar-refractivity contribution in [3.05, 3.63) is 39.9 Å². The molecule has 2 rings (SSSR count). The number of primary amides is 1. The van der Waals surface area contributed by atoms with E-state index in [4.69, 9.17) is 17.3 Å². The average molecular weight is 253 g/mol. The molecule has 2 aromatic heterocycles. The van der Waals surface area contributed by atoms with Crippen molar-refractivity contribution < 1.29 is 4.79 Å². The predicted molar refractivity (Wildman–Crippen MR) is 65.8 cm³/mol. The molecule has 0 bridgehead atoms. The van der Waals surface area contributed by atoms with E-state index in [0.717, 1.165) is 10.6 Å². The number of nitrogens with zero attached hydrogens (tertiary/aromatic N) is 1. The number of halogens is 1. The van der Waals surface area contributed by atoms with Gasteiger partial charge in [0.15, 0.2) is 0 Å². The fraction of sp³-hybridized carbons (Fsp3) is 0.0909. The van der Waals surface area contributed by atoms with E-state index in [1.807, 2.05) is 13.0 Å². The van der Waals surface area contributed by atoms with Crippen molar-refractivity contribution in [1.82, 2.24) is 4.98 Å². The number of hydrogen-bond donors (Lipinski definition) is 1. The van der Waals surface area contributed by atoms with Crippen LogP contribution < -0.4 is 5.73 Å². The molecule has 82 valence electrons. The molecule has 2 heterocycles. The molecular formula is C11H9ClN2OS. The standard InChI is InChI=1S/C11H9ClN2OS/c1-6-2-3-7(11(13)15)10(14-6)8-4-5-9(12)16-8/h2-5H,1H3,(H2,13,15). The Kier molecular flexibility index (Phi) is 2.94. The van der Waals surface area contributed by atoms with Crippen LogP contribution in [0, 0.1) is 6.92 Å². The lowest BCUT2D eigenvalue weighted by Crippen LogP contribution is -2.13. The fourth-order valence-corrected chi connectivity index (χ4v) is 2.43. The van der Waals surface area contributed by atoms with Crippen LogP contribution in [-0.4, -0.2) is 10.9 Å². The molecule has 2 N–H and O–H groups in total. The number of hydrogen-bond acceptors (Lipinski definition) is 3. The highest BCUT2D eigenvalue weighted by Crippen LogP contribution is 2.31. The Labute approximate surface area is 102 Å². The van der Waals surface area contributed by atoms with Gasteiger partial charge in [0, 0.05) is 5.69 Å². The Morgan fingerprint density at radius 1 is 1.38 bits per heavy atom. The largest absolute Gasteiger partial charge is 0.366 e. The second-order valence-corrected chi connectivity index (χ2v) is 5.03. The minimum Gasteiger partial charge on any atom is -0.366 e. The number of carbonyl (C=O) groups excluding carboxylic acids is 1. The van der Waals surface area contributed by atoms with E-state index >= 15 is 0 Å². The number of carbonyl (C=O) groups is 1. The van der Waals surface area contributed by atoms with Crippen LogP contribution in [0.2, 0.25) is 4.34 Å². The van der Waals surface area contributed by atoms with Crippen molar-refractivity contribution in [2.45, 2.75) is 6.92 Å². The van der Waals surface area contributed by atoms with E-state index in [9.17, 15) is 4.79 Å². The molecule has 2 aromatic rings. The highest BCUT2D eigenvalue weighted by Gasteiger charge is 2.13. The van der Waals surface area contributed by atoms with Gasteiger partial charge in [-0.2, -0.15) is 0 Å². The summed E-state index contributed by atoms with van der Waals surface area (Å²) in [4.78, 5) is 16.4. The first kappa shape index (κ1) is 11.1. The molecule has 5 heteroatoms. The van der Waals surface area contributed by atoms with Gasteiger partial charge in [0.1, 0.15) is 0 Å². The first-order valence-corrected chi connectivity index (χ1v) is 5.80. The van der Waals surface area contributed by atoms with Crippen LogP contribution in [-0.2, 0) is 0 Å². The quantitative estimate of drug-likeness (QED) is 0.894. The van der Waals surface area contributed by atoms with Gasteiger partial charge in [-0.05, 0) is 31.2 Å². The summed E-state index contributed by atoms with van der Waals surface area (Å²) in [6.45, 7) is 1.86. The summed E-state index contributed by atoms with van der Waals surface area (Å²) in [6, 6.07) is 7.06. The first-order chi connectivity index (χ1) is 7.58. The molecule has 0 atom stereocenters. The lowest BCUT2D eigenvalue weighted by atomic mass is 10.1. The average Bonchev–Trinajstić information content (AvgIpc) is 2.64. The molecule has 0 radical (unpaired) electrons. The minimum atomic E-state index is -0.480. The van der Waals surface area contributed by atoms with E-state index in [0.29, 0.717) is 15.6 Å². The summed E-state index contributed by atoms with van der Waals surface area (Å²) in [5.41, 5.74) is 7.16. The molecule has 0 aromatic carbocycles. The number of aryl methyl sites for hydroxylation is 1.